The summed E-state index contributed by atoms with van der Waals surface area (Å²) in [5.41, 5.74) is 1.97. The van der Waals surface area contributed by atoms with E-state index < -0.39 is 0 Å². The number of aryl methyl sites for hydroxylation is 2. The molecule has 0 spiro atoms. The molecule has 2 fully saturated rings. The van der Waals surface area contributed by atoms with Crippen molar-refractivity contribution in [2.75, 3.05) is 31.2 Å². The van der Waals surface area contributed by atoms with Gasteiger partial charge in [0.2, 0.25) is 5.95 Å². The summed E-state index contributed by atoms with van der Waals surface area (Å²) in [6.45, 7) is 7.21. The van der Waals surface area contributed by atoms with Crippen molar-refractivity contribution in [1.29, 1.82) is 0 Å². The standard InChI is InChI=1S/C18H22N4O2/c1-12-6-15(7-13(2)21-12)23-10-14-11-24-17-9-22(8-16(14)17)18-19-4-3-5-20-18/h3-7,14,16-17H,8-11H2,1-2H3/t14-,16+,17+/m1/s1. The summed E-state index contributed by atoms with van der Waals surface area (Å²) in [4.78, 5) is 15.3. The number of ether oxygens (including phenoxy) is 2. The van der Waals surface area contributed by atoms with Gasteiger partial charge in [-0.3, -0.25) is 4.98 Å². The second-order valence-corrected chi connectivity index (χ2v) is 6.65. The molecule has 4 heterocycles. The van der Waals surface area contributed by atoms with Crippen LogP contribution in [0.3, 0.4) is 0 Å². The van der Waals surface area contributed by atoms with E-state index in [2.05, 4.69) is 19.9 Å². The smallest absolute Gasteiger partial charge is 0.225 e. The van der Waals surface area contributed by atoms with Gasteiger partial charge in [-0.25, -0.2) is 9.97 Å². The molecule has 6 heteroatoms. The van der Waals surface area contributed by atoms with E-state index in [1.807, 2.05) is 32.0 Å². The zero-order valence-electron chi connectivity index (χ0n) is 14.1. The average molecular weight is 326 g/mol. The first-order valence-corrected chi connectivity index (χ1v) is 8.41. The summed E-state index contributed by atoms with van der Waals surface area (Å²) in [6.07, 6.45) is 3.82. The van der Waals surface area contributed by atoms with Crippen LogP contribution in [0.5, 0.6) is 5.75 Å². The number of hydrogen-bond acceptors (Lipinski definition) is 6. The molecule has 2 aromatic rings. The van der Waals surface area contributed by atoms with Crippen LogP contribution in [0.2, 0.25) is 0 Å². The second-order valence-electron chi connectivity index (χ2n) is 6.65. The quantitative estimate of drug-likeness (QED) is 0.857. The van der Waals surface area contributed by atoms with Crippen molar-refractivity contribution in [2.45, 2.75) is 20.0 Å². The van der Waals surface area contributed by atoms with E-state index in [1.165, 1.54) is 0 Å². The first kappa shape index (κ1) is 15.3. The van der Waals surface area contributed by atoms with Crippen LogP contribution in [0.4, 0.5) is 5.95 Å². The molecule has 2 saturated heterocycles. The number of anilines is 1. The highest BCUT2D eigenvalue weighted by Gasteiger charge is 2.44. The molecule has 2 aliphatic heterocycles. The predicted molar refractivity (Wildman–Crippen MR) is 90.2 cm³/mol. The Morgan fingerprint density at radius 2 is 1.92 bits per heavy atom. The maximum absolute atomic E-state index is 6.03. The van der Waals surface area contributed by atoms with Crippen molar-refractivity contribution >= 4 is 5.95 Å². The Bertz CT molecular complexity index is 689. The molecule has 0 aromatic carbocycles. The summed E-state index contributed by atoms with van der Waals surface area (Å²) in [6, 6.07) is 5.81. The van der Waals surface area contributed by atoms with Gasteiger partial charge in [0.15, 0.2) is 0 Å². The van der Waals surface area contributed by atoms with Crippen molar-refractivity contribution < 1.29 is 9.47 Å². The molecule has 0 radical (unpaired) electrons. The van der Waals surface area contributed by atoms with Crippen LogP contribution in [0.1, 0.15) is 11.4 Å². The molecular weight excluding hydrogens is 304 g/mol. The molecule has 0 bridgehead atoms. The molecule has 2 aromatic heterocycles. The second kappa shape index (κ2) is 6.36. The summed E-state index contributed by atoms with van der Waals surface area (Å²) >= 11 is 0. The largest absolute Gasteiger partial charge is 0.493 e. The highest BCUT2D eigenvalue weighted by molar-refractivity contribution is 5.32. The number of aromatic nitrogens is 3. The Hall–Kier alpha value is -2.21. The van der Waals surface area contributed by atoms with Gasteiger partial charge in [-0.2, -0.15) is 0 Å². The fourth-order valence-corrected chi connectivity index (χ4v) is 3.67. The number of hydrogen-bond donors (Lipinski definition) is 0. The summed E-state index contributed by atoms with van der Waals surface area (Å²) in [5, 5.41) is 0. The molecule has 24 heavy (non-hydrogen) atoms. The molecule has 0 unspecified atom stereocenters. The molecule has 3 atom stereocenters. The lowest BCUT2D eigenvalue weighted by Crippen LogP contribution is -2.27. The molecule has 6 nitrogen and oxygen atoms in total. The SMILES string of the molecule is Cc1cc(OC[C@@H]2CO[C@H]3CN(c4ncccn4)C[C@@H]23)cc(C)n1. The van der Waals surface area contributed by atoms with E-state index in [4.69, 9.17) is 9.47 Å². The Labute approximate surface area is 141 Å². The van der Waals surface area contributed by atoms with Gasteiger partial charge in [0.25, 0.3) is 0 Å². The van der Waals surface area contributed by atoms with Crippen LogP contribution in [-0.4, -0.2) is 47.4 Å². The fourth-order valence-electron chi connectivity index (χ4n) is 3.67. The van der Waals surface area contributed by atoms with Gasteiger partial charge in [-0.15, -0.1) is 0 Å². The van der Waals surface area contributed by atoms with Crippen LogP contribution < -0.4 is 9.64 Å². The summed E-state index contributed by atoms with van der Waals surface area (Å²) < 4.78 is 12.0. The van der Waals surface area contributed by atoms with Crippen LogP contribution >= 0.6 is 0 Å². The lowest BCUT2D eigenvalue weighted by molar-refractivity contribution is 0.108. The van der Waals surface area contributed by atoms with Gasteiger partial charge in [-0.1, -0.05) is 0 Å². The number of fused-ring (bicyclic) bond motifs is 1. The first-order valence-electron chi connectivity index (χ1n) is 8.41. The Kier molecular flexibility index (Phi) is 4.06. The van der Waals surface area contributed by atoms with E-state index >= 15 is 0 Å². The topological polar surface area (TPSA) is 60.4 Å². The Balaban J connectivity index is 1.39. The highest BCUT2D eigenvalue weighted by Crippen LogP contribution is 2.35. The maximum atomic E-state index is 6.03. The third-order valence-corrected chi connectivity index (χ3v) is 4.79. The van der Waals surface area contributed by atoms with Gasteiger partial charge < -0.3 is 14.4 Å². The lowest BCUT2D eigenvalue weighted by atomic mass is 9.94. The number of rotatable bonds is 4. The van der Waals surface area contributed by atoms with Crippen LogP contribution in [-0.2, 0) is 4.74 Å². The van der Waals surface area contributed by atoms with Crippen molar-refractivity contribution in [1.82, 2.24) is 15.0 Å². The monoisotopic (exact) mass is 326 g/mol. The minimum atomic E-state index is 0.253. The van der Waals surface area contributed by atoms with Crippen LogP contribution in [0, 0.1) is 25.7 Å². The highest BCUT2D eigenvalue weighted by atomic mass is 16.5. The Morgan fingerprint density at radius 3 is 2.67 bits per heavy atom. The molecule has 4 rings (SSSR count). The van der Waals surface area contributed by atoms with Crippen LogP contribution in [0.15, 0.2) is 30.6 Å². The number of nitrogens with zero attached hydrogens (tertiary/aromatic N) is 4. The minimum Gasteiger partial charge on any atom is -0.493 e. The molecule has 126 valence electrons. The van der Waals surface area contributed by atoms with E-state index in [1.54, 1.807) is 12.4 Å². The Morgan fingerprint density at radius 1 is 1.17 bits per heavy atom. The van der Waals surface area contributed by atoms with Gasteiger partial charge in [0.05, 0.1) is 19.3 Å². The summed E-state index contributed by atoms with van der Waals surface area (Å²) in [5.74, 6) is 2.55. The van der Waals surface area contributed by atoms with E-state index in [0.717, 1.165) is 42.8 Å². The molecule has 0 N–H and O–H groups in total. The molecule has 0 saturated carbocycles. The molecule has 2 aliphatic rings. The van der Waals surface area contributed by atoms with E-state index in [0.29, 0.717) is 18.4 Å². The number of pyridine rings is 1. The summed E-state index contributed by atoms with van der Waals surface area (Å²) in [7, 11) is 0. The molecule has 0 aliphatic carbocycles. The minimum absolute atomic E-state index is 0.253. The van der Waals surface area contributed by atoms with Gasteiger partial charge in [-0.05, 0) is 19.9 Å². The van der Waals surface area contributed by atoms with Crippen LogP contribution in [0.25, 0.3) is 0 Å². The zero-order chi connectivity index (χ0) is 16.5. The fraction of sp³-hybridized carbons (Fsp3) is 0.500. The van der Waals surface area contributed by atoms with Crippen molar-refractivity contribution in [3.63, 3.8) is 0 Å². The zero-order valence-corrected chi connectivity index (χ0v) is 14.1. The van der Waals surface area contributed by atoms with E-state index in [-0.39, 0.29) is 6.10 Å². The van der Waals surface area contributed by atoms with E-state index in [9.17, 15) is 0 Å². The van der Waals surface area contributed by atoms with Gasteiger partial charge in [0, 0.05) is 60.8 Å². The first-order chi connectivity index (χ1) is 11.7. The van der Waals surface area contributed by atoms with Crippen molar-refractivity contribution in [2.24, 2.45) is 11.8 Å². The van der Waals surface area contributed by atoms with Crippen molar-refractivity contribution in [3.8, 4) is 5.75 Å². The molecule has 0 amide bonds. The third kappa shape index (κ3) is 3.06. The van der Waals surface area contributed by atoms with Gasteiger partial charge in [0.1, 0.15) is 5.75 Å². The van der Waals surface area contributed by atoms with Crippen molar-refractivity contribution in [3.05, 3.63) is 42.0 Å². The average Bonchev–Trinajstić information content (AvgIpc) is 3.14. The third-order valence-electron chi connectivity index (χ3n) is 4.79. The molecular formula is C18H22N4O2. The normalized spacial score (nSPS) is 25.8. The van der Waals surface area contributed by atoms with Gasteiger partial charge >= 0.3 is 0 Å². The predicted octanol–water partition coefficient (Wildman–Crippen LogP) is 2.02. The lowest BCUT2D eigenvalue weighted by Gasteiger charge is -2.20. The maximum Gasteiger partial charge on any atom is 0.225 e.